The van der Waals surface area contributed by atoms with Crippen molar-refractivity contribution < 1.29 is 14.6 Å². The molecule has 0 heterocycles. The van der Waals surface area contributed by atoms with Crippen LogP contribution in [0, 0.1) is 0 Å². The molecular formula is C23H33NO3. The Balaban J connectivity index is 1.95. The molecule has 0 saturated carbocycles. The molecule has 4 heteroatoms. The molecule has 0 atom stereocenters. The Morgan fingerprint density at radius 2 is 1.59 bits per heavy atom. The minimum Gasteiger partial charge on any atom is -0.508 e. The summed E-state index contributed by atoms with van der Waals surface area (Å²) in [5.74, 6) is 1.83. The summed E-state index contributed by atoms with van der Waals surface area (Å²) in [5, 5.41) is 9.56. The van der Waals surface area contributed by atoms with Crippen molar-refractivity contribution in [2.75, 3.05) is 33.4 Å². The van der Waals surface area contributed by atoms with Crippen molar-refractivity contribution in [2.24, 2.45) is 0 Å². The van der Waals surface area contributed by atoms with Crippen LogP contribution in [0.4, 0.5) is 0 Å². The lowest BCUT2D eigenvalue weighted by Gasteiger charge is -2.21. The van der Waals surface area contributed by atoms with E-state index in [2.05, 4.69) is 30.9 Å². The first kappa shape index (κ1) is 21.1. The number of hydrogen-bond acceptors (Lipinski definition) is 4. The predicted octanol–water partition coefficient (Wildman–Crippen LogP) is 4.69. The third-order valence-electron chi connectivity index (χ3n) is 4.58. The van der Waals surface area contributed by atoms with Crippen LogP contribution < -0.4 is 9.47 Å². The molecule has 0 aromatic heterocycles. The largest absolute Gasteiger partial charge is 0.508 e. The average Bonchev–Trinajstić information content (AvgIpc) is 2.67. The summed E-state index contributed by atoms with van der Waals surface area (Å²) in [6.07, 6.45) is 4.12. The van der Waals surface area contributed by atoms with E-state index in [0.29, 0.717) is 6.61 Å². The van der Waals surface area contributed by atoms with E-state index in [0.717, 1.165) is 49.5 Å². The summed E-state index contributed by atoms with van der Waals surface area (Å²) in [7, 11) is 1.67. The van der Waals surface area contributed by atoms with E-state index >= 15 is 0 Å². The molecule has 0 unspecified atom stereocenters. The summed E-state index contributed by atoms with van der Waals surface area (Å²) >= 11 is 0. The molecule has 2 rings (SSSR count). The number of benzene rings is 2. The van der Waals surface area contributed by atoms with Gasteiger partial charge < -0.3 is 19.5 Å². The number of hydrogen-bond donors (Lipinski definition) is 1. The number of nitrogens with zero attached hydrogens (tertiary/aromatic N) is 1. The van der Waals surface area contributed by atoms with Crippen LogP contribution in [0.5, 0.6) is 17.2 Å². The minimum absolute atomic E-state index is 0.288. The molecule has 2 aromatic rings. The summed E-state index contributed by atoms with van der Waals surface area (Å²) in [4.78, 5) is 2.52. The zero-order valence-electron chi connectivity index (χ0n) is 16.9. The van der Waals surface area contributed by atoms with Gasteiger partial charge in [0.15, 0.2) is 11.5 Å². The van der Waals surface area contributed by atoms with Crippen molar-refractivity contribution in [3.05, 3.63) is 53.6 Å². The van der Waals surface area contributed by atoms with Crippen LogP contribution >= 0.6 is 0 Å². The molecule has 148 valence electrons. The van der Waals surface area contributed by atoms with Gasteiger partial charge in [-0.05, 0) is 67.7 Å². The fourth-order valence-electron chi connectivity index (χ4n) is 3.24. The molecule has 0 aliphatic rings. The number of aromatic hydroxyl groups is 1. The van der Waals surface area contributed by atoms with Crippen molar-refractivity contribution >= 4 is 0 Å². The highest BCUT2D eigenvalue weighted by atomic mass is 16.5. The number of ether oxygens (including phenoxy) is 2. The molecule has 0 saturated heterocycles. The highest BCUT2D eigenvalue weighted by Crippen LogP contribution is 2.28. The van der Waals surface area contributed by atoms with Crippen LogP contribution in [0.2, 0.25) is 0 Å². The Morgan fingerprint density at radius 3 is 2.26 bits per heavy atom. The fraction of sp³-hybridized carbons (Fsp3) is 0.478. The summed E-state index contributed by atoms with van der Waals surface area (Å²) in [6, 6.07) is 13.5. The summed E-state index contributed by atoms with van der Waals surface area (Å²) in [5.41, 5.74) is 2.32. The second-order valence-electron chi connectivity index (χ2n) is 6.85. The number of phenolic OH excluding ortho intramolecular Hbond substituents is 1. The lowest BCUT2D eigenvalue weighted by atomic mass is 10.1. The van der Waals surface area contributed by atoms with Gasteiger partial charge in [-0.3, -0.25) is 0 Å². The molecule has 0 fully saturated rings. The molecule has 0 radical (unpaired) electrons. The van der Waals surface area contributed by atoms with Gasteiger partial charge in [-0.1, -0.05) is 32.0 Å². The van der Waals surface area contributed by atoms with Crippen molar-refractivity contribution in [1.29, 1.82) is 0 Å². The van der Waals surface area contributed by atoms with Crippen molar-refractivity contribution in [1.82, 2.24) is 4.90 Å². The summed E-state index contributed by atoms with van der Waals surface area (Å²) < 4.78 is 11.4. The van der Waals surface area contributed by atoms with E-state index in [9.17, 15) is 5.11 Å². The predicted molar refractivity (Wildman–Crippen MR) is 111 cm³/mol. The standard InChI is InChI=1S/C23H33NO3/c1-4-13-24(14-5-2)15-11-20-9-10-22(26-3)23(18-20)27-16-12-19-7-6-8-21(25)17-19/h6-10,17-18,25H,4-5,11-16H2,1-3H3. The molecule has 27 heavy (non-hydrogen) atoms. The topological polar surface area (TPSA) is 41.9 Å². The number of methoxy groups -OCH3 is 1. The SMILES string of the molecule is CCCN(CCC)CCc1ccc(OC)c(OCCc2cccc(O)c2)c1. The van der Waals surface area contributed by atoms with Crippen molar-refractivity contribution in [2.45, 2.75) is 39.5 Å². The van der Waals surface area contributed by atoms with Crippen molar-refractivity contribution in [3.8, 4) is 17.2 Å². The highest BCUT2D eigenvalue weighted by molar-refractivity contribution is 5.43. The van der Waals surface area contributed by atoms with Crippen LogP contribution in [0.1, 0.15) is 37.8 Å². The first-order valence-corrected chi connectivity index (χ1v) is 9.96. The zero-order chi connectivity index (χ0) is 19.5. The van der Waals surface area contributed by atoms with Crippen molar-refractivity contribution in [3.63, 3.8) is 0 Å². The lowest BCUT2D eigenvalue weighted by molar-refractivity contribution is 0.277. The smallest absolute Gasteiger partial charge is 0.161 e. The van der Waals surface area contributed by atoms with Crippen LogP contribution in [0.3, 0.4) is 0 Å². The Kier molecular flexibility index (Phi) is 8.99. The van der Waals surface area contributed by atoms with Crippen LogP contribution in [-0.4, -0.2) is 43.4 Å². The average molecular weight is 372 g/mol. The quantitative estimate of drug-likeness (QED) is 0.588. The zero-order valence-corrected chi connectivity index (χ0v) is 16.9. The van der Waals surface area contributed by atoms with Gasteiger partial charge in [-0.25, -0.2) is 0 Å². The maximum atomic E-state index is 9.56. The third-order valence-corrected chi connectivity index (χ3v) is 4.58. The van der Waals surface area contributed by atoms with Crippen LogP contribution in [0.15, 0.2) is 42.5 Å². The molecule has 0 bridgehead atoms. The number of rotatable bonds is 12. The van der Waals surface area contributed by atoms with E-state index in [4.69, 9.17) is 9.47 Å². The highest BCUT2D eigenvalue weighted by Gasteiger charge is 2.08. The number of phenols is 1. The molecule has 0 amide bonds. The monoisotopic (exact) mass is 371 g/mol. The first-order chi connectivity index (χ1) is 13.2. The second kappa shape index (κ2) is 11.5. The maximum Gasteiger partial charge on any atom is 0.161 e. The molecule has 0 spiro atoms. The molecule has 1 N–H and O–H groups in total. The van der Waals surface area contributed by atoms with Gasteiger partial charge in [-0.2, -0.15) is 0 Å². The minimum atomic E-state index is 0.288. The normalized spacial score (nSPS) is 11.0. The van der Waals surface area contributed by atoms with Gasteiger partial charge in [0.1, 0.15) is 5.75 Å². The Labute approximate surface area is 163 Å². The van der Waals surface area contributed by atoms with E-state index in [1.807, 2.05) is 18.2 Å². The van der Waals surface area contributed by atoms with E-state index in [1.165, 1.54) is 18.4 Å². The first-order valence-electron chi connectivity index (χ1n) is 9.96. The van der Waals surface area contributed by atoms with Gasteiger partial charge in [0.2, 0.25) is 0 Å². The van der Waals surface area contributed by atoms with Gasteiger partial charge in [0, 0.05) is 13.0 Å². The molecular weight excluding hydrogens is 338 g/mol. The van der Waals surface area contributed by atoms with Gasteiger partial charge in [0.25, 0.3) is 0 Å². The van der Waals surface area contributed by atoms with E-state index in [-0.39, 0.29) is 5.75 Å². The third kappa shape index (κ3) is 7.14. The molecule has 0 aliphatic carbocycles. The van der Waals surface area contributed by atoms with Gasteiger partial charge in [0.05, 0.1) is 13.7 Å². The maximum absolute atomic E-state index is 9.56. The summed E-state index contributed by atoms with van der Waals surface area (Å²) in [6.45, 7) is 8.37. The van der Waals surface area contributed by atoms with Gasteiger partial charge in [-0.15, -0.1) is 0 Å². The Hall–Kier alpha value is -2.20. The Morgan fingerprint density at radius 1 is 0.852 bits per heavy atom. The second-order valence-corrected chi connectivity index (χ2v) is 6.85. The van der Waals surface area contributed by atoms with Crippen LogP contribution in [-0.2, 0) is 12.8 Å². The Bertz CT molecular complexity index is 681. The van der Waals surface area contributed by atoms with E-state index < -0.39 is 0 Å². The fourth-order valence-corrected chi connectivity index (χ4v) is 3.24. The van der Waals surface area contributed by atoms with E-state index in [1.54, 1.807) is 19.2 Å². The lowest BCUT2D eigenvalue weighted by Crippen LogP contribution is -2.27. The van der Waals surface area contributed by atoms with Crippen LogP contribution in [0.25, 0.3) is 0 Å². The molecule has 0 aliphatic heterocycles. The molecule has 4 nitrogen and oxygen atoms in total. The molecule has 2 aromatic carbocycles. The van der Waals surface area contributed by atoms with Gasteiger partial charge >= 0.3 is 0 Å².